The minimum Gasteiger partial charge on any atom is -0.350 e. The van der Waals surface area contributed by atoms with Crippen LogP contribution in [0.25, 0.3) is 5.78 Å². The van der Waals surface area contributed by atoms with Gasteiger partial charge in [0.1, 0.15) is 6.33 Å². The zero-order valence-corrected chi connectivity index (χ0v) is 16.0. The number of benzene rings is 1. The van der Waals surface area contributed by atoms with Crippen molar-refractivity contribution in [3.8, 4) is 0 Å². The molecule has 26 heavy (non-hydrogen) atoms. The van der Waals surface area contributed by atoms with Gasteiger partial charge in [-0.1, -0.05) is 23.8 Å². The van der Waals surface area contributed by atoms with E-state index < -0.39 is 0 Å². The first-order valence-corrected chi connectivity index (χ1v) is 8.89. The van der Waals surface area contributed by atoms with Gasteiger partial charge in [0.15, 0.2) is 0 Å². The molecule has 1 amide bonds. The van der Waals surface area contributed by atoms with Gasteiger partial charge in [0.05, 0.1) is 6.04 Å². The molecule has 0 aliphatic rings. The Morgan fingerprint density at radius 1 is 1.23 bits per heavy atom. The first-order chi connectivity index (χ1) is 12.4. The van der Waals surface area contributed by atoms with Gasteiger partial charge in [-0.3, -0.25) is 4.79 Å². The van der Waals surface area contributed by atoms with Crippen molar-refractivity contribution in [2.75, 3.05) is 0 Å². The van der Waals surface area contributed by atoms with Crippen LogP contribution in [0.15, 0.2) is 24.5 Å². The molecule has 0 fully saturated rings. The summed E-state index contributed by atoms with van der Waals surface area (Å²) in [7, 11) is 0. The van der Waals surface area contributed by atoms with Crippen LogP contribution < -0.4 is 5.32 Å². The molecule has 3 aromatic rings. The van der Waals surface area contributed by atoms with Gasteiger partial charge < -0.3 is 5.32 Å². The van der Waals surface area contributed by atoms with Crippen LogP contribution in [0.3, 0.4) is 0 Å². The SMILES string of the molecule is Cc1ccc(C)c([C@@H](C)NC(=O)CCc2c(C)nc3ncnn3c2C)c1. The number of rotatable bonds is 5. The van der Waals surface area contributed by atoms with Crippen molar-refractivity contribution in [3.05, 3.63) is 58.2 Å². The van der Waals surface area contributed by atoms with E-state index in [2.05, 4.69) is 52.4 Å². The molecule has 1 aromatic carbocycles. The van der Waals surface area contributed by atoms with Crippen LogP contribution in [0.1, 0.15) is 53.0 Å². The van der Waals surface area contributed by atoms with E-state index in [0.29, 0.717) is 18.6 Å². The Morgan fingerprint density at radius 3 is 2.77 bits per heavy atom. The summed E-state index contributed by atoms with van der Waals surface area (Å²) >= 11 is 0. The van der Waals surface area contributed by atoms with Gasteiger partial charge in [-0.25, -0.2) is 9.50 Å². The number of carbonyl (C=O) groups is 1. The second-order valence-electron chi connectivity index (χ2n) is 6.88. The van der Waals surface area contributed by atoms with Crippen LogP contribution in [0.4, 0.5) is 0 Å². The molecule has 1 atom stereocenters. The number of amides is 1. The molecule has 3 rings (SSSR count). The van der Waals surface area contributed by atoms with Crippen LogP contribution >= 0.6 is 0 Å². The first-order valence-electron chi connectivity index (χ1n) is 8.89. The van der Waals surface area contributed by atoms with Crippen LogP contribution in [-0.2, 0) is 11.2 Å². The quantitative estimate of drug-likeness (QED) is 0.766. The lowest BCUT2D eigenvalue weighted by molar-refractivity contribution is -0.121. The molecule has 0 saturated carbocycles. The molecule has 0 bridgehead atoms. The third-order valence-electron chi connectivity index (χ3n) is 4.87. The average Bonchev–Trinajstić information content (AvgIpc) is 3.05. The summed E-state index contributed by atoms with van der Waals surface area (Å²) in [4.78, 5) is 21.1. The van der Waals surface area contributed by atoms with E-state index in [0.717, 1.165) is 22.5 Å². The predicted octanol–water partition coefficient (Wildman–Crippen LogP) is 3.17. The van der Waals surface area contributed by atoms with Crippen molar-refractivity contribution in [3.63, 3.8) is 0 Å². The van der Waals surface area contributed by atoms with Crippen LogP contribution in [-0.4, -0.2) is 25.5 Å². The lowest BCUT2D eigenvalue weighted by Crippen LogP contribution is -2.27. The normalized spacial score (nSPS) is 12.3. The van der Waals surface area contributed by atoms with Gasteiger partial charge >= 0.3 is 0 Å². The number of nitrogens with zero attached hydrogens (tertiary/aromatic N) is 4. The maximum absolute atomic E-state index is 12.5. The van der Waals surface area contributed by atoms with Gasteiger partial charge in [0, 0.05) is 17.8 Å². The molecule has 0 saturated heterocycles. The molecule has 0 unspecified atom stereocenters. The number of fused-ring (bicyclic) bond motifs is 1. The third kappa shape index (κ3) is 3.59. The topological polar surface area (TPSA) is 72.2 Å². The fourth-order valence-electron chi connectivity index (χ4n) is 3.37. The van der Waals surface area contributed by atoms with Crippen LogP contribution in [0.5, 0.6) is 0 Å². The fourth-order valence-corrected chi connectivity index (χ4v) is 3.37. The highest BCUT2D eigenvalue weighted by Gasteiger charge is 2.15. The van der Waals surface area contributed by atoms with Crippen molar-refractivity contribution in [1.29, 1.82) is 0 Å². The third-order valence-corrected chi connectivity index (χ3v) is 4.87. The molecule has 1 N–H and O–H groups in total. The predicted molar refractivity (Wildman–Crippen MR) is 101 cm³/mol. The number of aryl methyl sites for hydroxylation is 4. The molecule has 136 valence electrons. The number of nitrogens with one attached hydrogen (secondary N) is 1. The van der Waals surface area contributed by atoms with Crippen LogP contribution in [0.2, 0.25) is 0 Å². The van der Waals surface area contributed by atoms with E-state index >= 15 is 0 Å². The molecule has 0 aliphatic heterocycles. The Bertz CT molecular complexity index is 960. The minimum atomic E-state index is -0.0134. The molecule has 0 aliphatic carbocycles. The highest BCUT2D eigenvalue weighted by atomic mass is 16.1. The largest absolute Gasteiger partial charge is 0.350 e. The average molecular weight is 351 g/mol. The number of carbonyl (C=O) groups excluding carboxylic acids is 1. The molecule has 0 spiro atoms. The Hall–Kier alpha value is -2.76. The summed E-state index contributed by atoms with van der Waals surface area (Å²) in [6, 6.07) is 6.31. The maximum atomic E-state index is 12.5. The molecular weight excluding hydrogens is 326 g/mol. The summed E-state index contributed by atoms with van der Waals surface area (Å²) < 4.78 is 1.72. The zero-order chi connectivity index (χ0) is 18.8. The molecule has 0 radical (unpaired) electrons. The fraction of sp³-hybridized carbons (Fsp3) is 0.400. The van der Waals surface area contributed by atoms with Crippen molar-refractivity contribution in [1.82, 2.24) is 24.9 Å². The van der Waals surface area contributed by atoms with E-state index in [1.807, 2.05) is 20.8 Å². The Morgan fingerprint density at radius 2 is 2.00 bits per heavy atom. The summed E-state index contributed by atoms with van der Waals surface area (Å²) in [5, 5.41) is 7.31. The van der Waals surface area contributed by atoms with Gasteiger partial charge in [-0.2, -0.15) is 10.1 Å². The summed E-state index contributed by atoms with van der Waals surface area (Å²) in [5.41, 5.74) is 6.49. The van der Waals surface area contributed by atoms with E-state index in [1.54, 1.807) is 4.52 Å². The summed E-state index contributed by atoms with van der Waals surface area (Å²) in [6.07, 6.45) is 2.54. The molecule has 6 nitrogen and oxygen atoms in total. The van der Waals surface area contributed by atoms with Gasteiger partial charge in [0.25, 0.3) is 5.78 Å². The van der Waals surface area contributed by atoms with Crippen molar-refractivity contribution in [2.45, 2.75) is 53.5 Å². The second-order valence-corrected chi connectivity index (χ2v) is 6.88. The zero-order valence-electron chi connectivity index (χ0n) is 16.0. The number of hydrogen-bond acceptors (Lipinski definition) is 4. The lowest BCUT2D eigenvalue weighted by Gasteiger charge is -2.18. The maximum Gasteiger partial charge on any atom is 0.252 e. The summed E-state index contributed by atoms with van der Waals surface area (Å²) in [6.45, 7) is 10.1. The Kier molecular flexibility index (Phi) is 5.02. The smallest absolute Gasteiger partial charge is 0.252 e. The Labute approximate surface area is 153 Å². The van der Waals surface area contributed by atoms with E-state index in [4.69, 9.17) is 0 Å². The van der Waals surface area contributed by atoms with Gasteiger partial charge in [0.2, 0.25) is 5.91 Å². The number of hydrogen-bond donors (Lipinski definition) is 1. The summed E-state index contributed by atoms with van der Waals surface area (Å²) in [5.74, 6) is 0.632. The van der Waals surface area contributed by atoms with Crippen molar-refractivity contribution >= 4 is 11.7 Å². The Balaban J connectivity index is 1.68. The highest BCUT2D eigenvalue weighted by Crippen LogP contribution is 2.20. The molecular formula is C20H25N5O. The highest BCUT2D eigenvalue weighted by molar-refractivity contribution is 5.76. The lowest BCUT2D eigenvalue weighted by atomic mass is 9.99. The van der Waals surface area contributed by atoms with E-state index in [1.165, 1.54) is 17.5 Å². The van der Waals surface area contributed by atoms with E-state index in [-0.39, 0.29) is 11.9 Å². The van der Waals surface area contributed by atoms with Gasteiger partial charge in [-0.15, -0.1) is 0 Å². The van der Waals surface area contributed by atoms with Crippen LogP contribution in [0, 0.1) is 27.7 Å². The first kappa shape index (κ1) is 18.0. The standard InChI is InChI=1S/C20H25N5O/c1-12-6-7-13(2)18(10-12)15(4)23-19(26)9-8-17-14(3)24-20-21-11-22-25(20)16(17)5/h6-7,10-11,15H,8-9H2,1-5H3,(H,23,26)/t15-/m1/s1. The van der Waals surface area contributed by atoms with Crippen molar-refractivity contribution in [2.24, 2.45) is 0 Å². The van der Waals surface area contributed by atoms with Gasteiger partial charge in [-0.05, 0) is 57.7 Å². The minimum absolute atomic E-state index is 0.0134. The van der Waals surface area contributed by atoms with Crippen molar-refractivity contribution < 1.29 is 4.79 Å². The number of aromatic nitrogens is 4. The molecule has 2 heterocycles. The van der Waals surface area contributed by atoms with E-state index in [9.17, 15) is 4.79 Å². The monoisotopic (exact) mass is 351 g/mol. The molecule has 2 aromatic heterocycles. The second kappa shape index (κ2) is 7.23. The molecule has 6 heteroatoms.